The van der Waals surface area contributed by atoms with E-state index < -0.39 is 0 Å². The minimum absolute atomic E-state index is 0.0804. The number of amides is 2. The van der Waals surface area contributed by atoms with Crippen LogP contribution in [-0.2, 0) is 4.79 Å². The third-order valence-corrected chi connectivity index (χ3v) is 4.86. The van der Waals surface area contributed by atoms with Crippen molar-refractivity contribution in [2.45, 2.75) is 25.8 Å². The molecule has 6 nitrogen and oxygen atoms in total. The molecule has 0 spiro atoms. The van der Waals surface area contributed by atoms with E-state index in [1.54, 1.807) is 28.7 Å². The van der Waals surface area contributed by atoms with Gasteiger partial charge < -0.3 is 15.1 Å². The highest BCUT2D eigenvalue weighted by atomic mass is 32.1. The fraction of sp³-hybridized carbons (Fsp3) is 0.400. The van der Waals surface area contributed by atoms with Gasteiger partial charge in [-0.15, -0.1) is 11.3 Å². The van der Waals surface area contributed by atoms with E-state index in [2.05, 4.69) is 4.98 Å². The number of furan rings is 1. The summed E-state index contributed by atoms with van der Waals surface area (Å²) in [6, 6.07) is 3.67. The van der Waals surface area contributed by atoms with Crippen molar-refractivity contribution in [3.05, 3.63) is 29.5 Å². The largest absolute Gasteiger partial charge is 0.462 e. The number of carbonyl (C=O) groups excluding carboxylic acids is 2. The molecule has 0 saturated carbocycles. The van der Waals surface area contributed by atoms with Gasteiger partial charge in [-0.05, 0) is 31.9 Å². The zero-order chi connectivity index (χ0) is 15.7. The van der Waals surface area contributed by atoms with Crippen LogP contribution in [0.5, 0.6) is 0 Å². The van der Waals surface area contributed by atoms with Crippen LogP contribution in [0.4, 0.5) is 0 Å². The molecule has 7 heteroatoms. The molecular formula is C15H17N3O3S. The summed E-state index contributed by atoms with van der Waals surface area (Å²) < 4.78 is 5.29. The molecule has 0 bridgehead atoms. The Bertz CT molecular complexity index is 680. The number of hydrogen-bond acceptors (Lipinski definition) is 5. The lowest BCUT2D eigenvalue weighted by Crippen LogP contribution is -2.48. The molecule has 2 N–H and O–H groups in total. The third kappa shape index (κ3) is 2.76. The second-order valence-corrected chi connectivity index (χ2v) is 6.36. The van der Waals surface area contributed by atoms with E-state index in [9.17, 15) is 9.59 Å². The zero-order valence-electron chi connectivity index (χ0n) is 12.2. The van der Waals surface area contributed by atoms with Crippen LogP contribution in [-0.4, -0.2) is 34.3 Å². The Balaban J connectivity index is 1.79. The van der Waals surface area contributed by atoms with Gasteiger partial charge in [0, 0.05) is 18.0 Å². The maximum Gasteiger partial charge on any atom is 0.273 e. The van der Waals surface area contributed by atoms with E-state index in [0.717, 1.165) is 12.8 Å². The summed E-state index contributed by atoms with van der Waals surface area (Å²) in [7, 11) is 0. The number of carbonyl (C=O) groups is 2. The van der Waals surface area contributed by atoms with Crippen molar-refractivity contribution in [3.8, 4) is 10.8 Å². The van der Waals surface area contributed by atoms with Crippen LogP contribution in [0, 0.1) is 5.92 Å². The molecule has 3 heterocycles. The Morgan fingerprint density at radius 1 is 1.45 bits per heavy atom. The van der Waals surface area contributed by atoms with Crippen LogP contribution in [0.2, 0.25) is 0 Å². The fourth-order valence-electron chi connectivity index (χ4n) is 2.65. The SMILES string of the molecule is C[C@H]1CC[C@@H](C(N)=O)CN1C(=O)c1csc(-c2ccco2)n1. The first-order valence-corrected chi connectivity index (χ1v) is 8.04. The highest BCUT2D eigenvalue weighted by Crippen LogP contribution is 2.27. The van der Waals surface area contributed by atoms with Crippen LogP contribution in [0.1, 0.15) is 30.3 Å². The number of thiazole rings is 1. The summed E-state index contributed by atoms with van der Waals surface area (Å²) in [5.74, 6) is -0.138. The van der Waals surface area contributed by atoms with E-state index in [4.69, 9.17) is 10.2 Å². The van der Waals surface area contributed by atoms with Crippen LogP contribution < -0.4 is 5.73 Å². The molecule has 2 amide bonds. The first-order chi connectivity index (χ1) is 10.6. The lowest BCUT2D eigenvalue weighted by molar-refractivity contribution is -0.123. The summed E-state index contributed by atoms with van der Waals surface area (Å²) in [6.45, 7) is 2.35. The maximum atomic E-state index is 12.6. The Hall–Kier alpha value is -2.15. The van der Waals surface area contributed by atoms with Crippen LogP contribution >= 0.6 is 11.3 Å². The van der Waals surface area contributed by atoms with Gasteiger partial charge in [0.1, 0.15) is 5.69 Å². The van der Waals surface area contributed by atoms with E-state index in [1.807, 2.05) is 6.92 Å². The molecule has 0 aromatic carbocycles. The van der Waals surface area contributed by atoms with Crippen molar-refractivity contribution in [1.29, 1.82) is 0 Å². The van der Waals surface area contributed by atoms with Crippen LogP contribution in [0.3, 0.4) is 0 Å². The van der Waals surface area contributed by atoms with Gasteiger partial charge in [-0.1, -0.05) is 0 Å². The maximum absolute atomic E-state index is 12.6. The average Bonchev–Trinajstić information content (AvgIpc) is 3.17. The van der Waals surface area contributed by atoms with Crippen molar-refractivity contribution < 1.29 is 14.0 Å². The standard InChI is InChI=1S/C15H17N3O3S/c1-9-4-5-10(13(16)19)7-18(9)15(20)11-8-22-14(17-11)12-3-2-6-21-12/h2-3,6,8-10H,4-5,7H2,1H3,(H2,16,19)/t9-,10+/m0/s1. The molecule has 1 fully saturated rings. The van der Waals surface area contributed by atoms with Gasteiger partial charge in [0.15, 0.2) is 10.8 Å². The van der Waals surface area contributed by atoms with E-state index in [0.29, 0.717) is 23.0 Å². The highest BCUT2D eigenvalue weighted by Gasteiger charge is 2.33. The second kappa shape index (κ2) is 5.92. The Morgan fingerprint density at radius 3 is 2.95 bits per heavy atom. The van der Waals surface area contributed by atoms with Gasteiger partial charge in [0.05, 0.1) is 12.2 Å². The third-order valence-electron chi connectivity index (χ3n) is 4.00. The number of aromatic nitrogens is 1. The number of primary amides is 1. The van der Waals surface area contributed by atoms with Gasteiger partial charge in [0.25, 0.3) is 5.91 Å². The number of nitrogens with two attached hydrogens (primary N) is 1. The molecule has 2 aromatic rings. The van der Waals surface area contributed by atoms with Gasteiger partial charge >= 0.3 is 0 Å². The molecule has 1 aliphatic rings. The summed E-state index contributed by atoms with van der Waals surface area (Å²) in [4.78, 5) is 30.1. The highest BCUT2D eigenvalue weighted by molar-refractivity contribution is 7.13. The summed E-state index contributed by atoms with van der Waals surface area (Å²) >= 11 is 1.36. The lowest BCUT2D eigenvalue weighted by atomic mass is 9.93. The number of piperidine rings is 1. The van der Waals surface area contributed by atoms with Crippen molar-refractivity contribution in [2.75, 3.05) is 6.54 Å². The summed E-state index contributed by atoms with van der Waals surface area (Å²) in [6.07, 6.45) is 3.08. The Kier molecular flexibility index (Phi) is 3.98. The molecule has 0 radical (unpaired) electrons. The van der Waals surface area contributed by atoms with Gasteiger partial charge in [-0.2, -0.15) is 0 Å². The predicted octanol–water partition coefficient (Wildman–Crippen LogP) is 2.13. The predicted molar refractivity (Wildman–Crippen MR) is 82.2 cm³/mol. The topological polar surface area (TPSA) is 89.4 Å². The monoisotopic (exact) mass is 319 g/mol. The first kappa shape index (κ1) is 14.8. The van der Waals surface area contributed by atoms with Gasteiger partial charge in [-0.25, -0.2) is 4.98 Å². The molecule has 3 rings (SSSR count). The molecule has 2 aromatic heterocycles. The van der Waals surface area contributed by atoms with Crippen LogP contribution in [0.15, 0.2) is 28.2 Å². The Labute approximate surface area is 131 Å². The van der Waals surface area contributed by atoms with E-state index in [1.165, 1.54) is 11.3 Å². The number of rotatable bonds is 3. The Morgan fingerprint density at radius 2 is 2.27 bits per heavy atom. The second-order valence-electron chi connectivity index (χ2n) is 5.50. The minimum Gasteiger partial charge on any atom is -0.462 e. The van der Waals surface area contributed by atoms with Crippen molar-refractivity contribution >= 4 is 23.2 Å². The summed E-state index contributed by atoms with van der Waals surface area (Å²) in [5.41, 5.74) is 5.76. The molecule has 22 heavy (non-hydrogen) atoms. The zero-order valence-corrected chi connectivity index (χ0v) is 13.0. The fourth-order valence-corrected chi connectivity index (χ4v) is 3.41. The molecule has 1 saturated heterocycles. The van der Waals surface area contributed by atoms with Crippen LogP contribution in [0.25, 0.3) is 10.8 Å². The normalized spacial score (nSPS) is 21.8. The smallest absolute Gasteiger partial charge is 0.273 e. The molecular weight excluding hydrogens is 302 g/mol. The molecule has 1 aliphatic heterocycles. The molecule has 0 unspecified atom stereocenters. The quantitative estimate of drug-likeness (QED) is 0.938. The number of likely N-dealkylation sites (tertiary alicyclic amines) is 1. The van der Waals surface area contributed by atoms with Crippen molar-refractivity contribution in [3.63, 3.8) is 0 Å². The molecule has 0 aliphatic carbocycles. The summed E-state index contributed by atoms with van der Waals surface area (Å²) in [5, 5.41) is 2.39. The number of hydrogen-bond donors (Lipinski definition) is 1. The van der Waals surface area contributed by atoms with Crippen molar-refractivity contribution in [2.24, 2.45) is 11.7 Å². The van der Waals surface area contributed by atoms with Crippen molar-refractivity contribution in [1.82, 2.24) is 9.88 Å². The molecule has 116 valence electrons. The lowest BCUT2D eigenvalue weighted by Gasteiger charge is -2.36. The number of nitrogens with zero attached hydrogens (tertiary/aromatic N) is 2. The average molecular weight is 319 g/mol. The van der Waals surface area contributed by atoms with E-state index in [-0.39, 0.29) is 23.8 Å². The molecule has 2 atom stereocenters. The first-order valence-electron chi connectivity index (χ1n) is 7.16. The van der Waals surface area contributed by atoms with E-state index >= 15 is 0 Å². The van der Waals surface area contributed by atoms with Gasteiger partial charge in [-0.3, -0.25) is 9.59 Å². The van der Waals surface area contributed by atoms with Gasteiger partial charge in [0.2, 0.25) is 5.91 Å². The minimum atomic E-state index is -0.348.